The van der Waals surface area contributed by atoms with Crippen LogP contribution in [0.15, 0.2) is 84.9 Å². The molecule has 1 aliphatic rings. The number of amides is 1. The quantitative estimate of drug-likeness (QED) is 0.612. The summed E-state index contributed by atoms with van der Waals surface area (Å²) in [4.78, 5) is 27.3. The fraction of sp³-hybridized carbons (Fsp3) is 0.200. The maximum atomic E-state index is 12.8. The Hall–Kier alpha value is -3.40. The monoisotopic (exact) mass is 384 g/mol. The average Bonchev–Trinajstić information content (AvgIpc) is 2.75. The Morgan fingerprint density at radius 1 is 0.897 bits per heavy atom. The van der Waals surface area contributed by atoms with E-state index in [4.69, 9.17) is 0 Å². The number of Topliss-reactive ketones (excluding diaryl/α,β-unsaturated/α-hetero) is 1. The molecule has 0 radical (unpaired) electrons. The fourth-order valence-corrected chi connectivity index (χ4v) is 4.11. The molecule has 0 fully saturated rings. The lowest BCUT2D eigenvalue weighted by molar-refractivity contribution is -0.117. The molecule has 1 amide bonds. The van der Waals surface area contributed by atoms with Gasteiger partial charge in [0.25, 0.3) is 0 Å². The number of para-hydroxylation sites is 2. The van der Waals surface area contributed by atoms with Crippen molar-refractivity contribution in [2.24, 2.45) is 0 Å². The Labute approximate surface area is 171 Å². The Balaban J connectivity index is 1.66. The molecule has 1 aliphatic heterocycles. The summed E-state index contributed by atoms with van der Waals surface area (Å²) >= 11 is 0. The second-order valence-electron chi connectivity index (χ2n) is 7.40. The number of benzene rings is 3. The van der Waals surface area contributed by atoms with Gasteiger partial charge in [-0.25, -0.2) is 0 Å². The lowest BCUT2D eigenvalue weighted by Gasteiger charge is -2.39. The number of rotatable bonds is 5. The maximum Gasteiger partial charge on any atom is 0.224 e. The van der Waals surface area contributed by atoms with Crippen molar-refractivity contribution in [1.82, 2.24) is 0 Å². The van der Waals surface area contributed by atoms with E-state index >= 15 is 0 Å². The number of carbonyl (C=O) groups excluding carboxylic acids is 2. The maximum absolute atomic E-state index is 12.8. The van der Waals surface area contributed by atoms with E-state index in [1.807, 2.05) is 83.8 Å². The molecule has 0 saturated heterocycles. The van der Waals surface area contributed by atoms with E-state index in [0.717, 1.165) is 22.5 Å². The van der Waals surface area contributed by atoms with Crippen LogP contribution < -0.4 is 10.2 Å². The van der Waals surface area contributed by atoms with Gasteiger partial charge in [-0.05, 0) is 30.2 Å². The van der Waals surface area contributed by atoms with Gasteiger partial charge in [-0.1, -0.05) is 66.7 Å². The first-order chi connectivity index (χ1) is 14.1. The molecular weight excluding hydrogens is 360 g/mol. The van der Waals surface area contributed by atoms with Gasteiger partial charge in [0, 0.05) is 36.3 Å². The molecule has 0 spiro atoms. The van der Waals surface area contributed by atoms with Gasteiger partial charge in [0.05, 0.1) is 6.04 Å². The second-order valence-corrected chi connectivity index (χ2v) is 7.40. The van der Waals surface area contributed by atoms with Crippen molar-refractivity contribution in [1.29, 1.82) is 0 Å². The topological polar surface area (TPSA) is 49.4 Å². The van der Waals surface area contributed by atoms with E-state index in [2.05, 4.69) is 11.4 Å². The summed E-state index contributed by atoms with van der Waals surface area (Å²) in [5.74, 6) is 0.0985. The van der Waals surface area contributed by atoms with Crippen LogP contribution in [0.1, 0.15) is 41.7 Å². The van der Waals surface area contributed by atoms with Crippen LogP contribution in [0.25, 0.3) is 0 Å². The van der Waals surface area contributed by atoms with Gasteiger partial charge in [-0.15, -0.1) is 0 Å². The zero-order valence-corrected chi connectivity index (χ0v) is 16.4. The molecule has 0 aromatic heterocycles. The highest BCUT2D eigenvalue weighted by Gasteiger charge is 2.33. The number of fused-ring (bicyclic) bond motifs is 1. The normalized spacial score (nSPS) is 17.7. The molecule has 0 bridgehead atoms. The number of hydrogen-bond acceptors (Lipinski definition) is 3. The van der Waals surface area contributed by atoms with Crippen molar-refractivity contribution in [3.05, 3.63) is 96.1 Å². The van der Waals surface area contributed by atoms with Gasteiger partial charge in [-0.3, -0.25) is 9.59 Å². The zero-order valence-electron chi connectivity index (χ0n) is 16.4. The predicted molar refractivity (Wildman–Crippen MR) is 116 cm³/mol. The summed E-state index contributed by atoms with van der Waals surface area (Å²) in [5, 5.41) is 3.51. The molecule has 4 rings (SSSR count). The lowest BCUT2D eigenvalue weighted by atomic mass is 9.88. The van der Waals surface area contributed by atoms with Crippen LogP contribution in [0.4, 0.5) is 11.4 Å². The van der Waals surface area contributed by atoms with Gasteiger partial charge in [0.15, 0.2) is 5.78 Å². The minimum absolute atomic E-state index is 0.00830. The molecule has 0 saturated carbocycles. The molecule has 29 heavy (non-hydrogen) atoms. The highest BCUT2D eigenvalue weighted by molar-refractivity contribution is 5.97. The summed E-state index contributed by atoms with van der Waals surface area (Å²) in [6, 6.07) is 27.0. The SMILES string of the molecule is CC(=O)N(c1ccccc1)C1CC(CC(=O)c2ccccc2)Nc2ccccc21. The van der Waals surface area contributed by atoms with Crippen molar-refractivity contribution in [2.45, 2.75) is 31.8 Å². The van der Waals surface area contributed by atoms with Gasteiger partial charge in [0.1, 0.15) is 0 Å². The number of nitrogens with one attached hydrogen (secondary N) is 1. The average molecular weight is 384 g/mol. The van der Waals surface area contributed by atoms with Gasteiger partial charge < -0.3 is 10.2 Å². The summed E-state index contributed by atoms with van der Waals surface area (Å²) < 4.78 is 0. The Morgan fingerprint density at radius 2 is 1.52 bits per heavy atom. The minimum atomic E-state index is -0.124. The van der Waals surface area contributed by atoms with Crippen molar-refractivity contribution in [2.75, 3.05) is 10.2 Å². The number of ketones is 1. The van der Waals surface area contributed by atoms with E-state index in [1.165, 1.54) is 0 Å². The van der Waals surface area contributed by atoms with Crippen molar-refractivity contribution in [3.8, 4) is 0 Å². The van der Waals surface area contributed by atoms with Crippen LogP contribution >= 0.6 is 0 Å². The van der Waals surface area contributed by atoms with E-state index in [9.17, 15) is 9.59 Å². The van der Waals surface area contributed by atoms with Crippen LogP contribution in [0.3, 0.4) is 0 Å². The Bertz CT molecular complexity index is 1000. The first kappa shape index (κ1) is 18.9. The highest BCUT2D eigenvalue weighted by atomic mass is 16.2. The van der Waals surface area contributed by atoms with E-state index in [-0.39, 0.29) is 23.8 Å². The molecule has 146 valence electrons. The molecular formula is C25H24N2O2. The molecule has 1 N–H and O–H groups in total. The third kappa shape index (κ3) is 4.06. The Morgan fingerprint density at radius 3 is 2.21 bits per heavy atom. The van der Waals surface area contributed by atoms with E-state index < -0.39 is 0 Å². The smallest absolute Gasteiger partial charge is 0.224 e. The van der Waals surface area contributed by atoms with Crippen molar-refractivity contribution < 1.29 is 9.59 Å². The van der Waals surface area contributed by atoms with Crippen molar-refractivity contribution >= 4 is 23.1 Å². The molecule has 3 aromatic rings. The first-order valence-corrected chi connectivity index (χ1v) is 9.92. The number of anilines is 2. The van der Waals surface area contributed by atoms with Gasteiger partial charge in [-0.2, -0.15) is 0 Å². The Kier molecular flexibility index (Phi) is 5.43. The van der Waals surface area contributed by atoms with Crippen molar-refractivity contribution in [3.63, 3.8) is 0 Å². The highest BCUT2D eigenvalue weighted by Crippen LogP contribution is 2.39. The summed E-state index contributed by atoms with van der Waals surface area (Å²) in [6.07, 6.45) is 1.06. The van der Waals surface area contributed by atoms with Crippen LogP contribution in [-0.2, 0) is 4.79 Å². The number of hydrogen-bond donors (Lipinski definition) is 1. The largest absolute Gasteiger partial charge is 0.381 e. The summed E-state index contributed by atoms with van der Waals surface area (Å²) in [7, 11) is 0. The lowest BCUT2D eigenvalue weighted by Crippen LogP contribution is -2.40. The molecule has 2 unspecified atom stereocenters. The molecule has 3 aromatic carbocycles. The van der Waals surface area contributed by atoms with Gasteiger partial charge in [0.2, 0.25) is 5.91 Å². The first-order valence-electron chi connectivity index (χ1n) is 9.92. The molecule has 4 heteroatoms. The standard InChI is InChI=1S/C25H24N2O2/c1-18(28)27(21-12-6-3-7-13-21)24-16-20(26-23-15-9-8-14-22(23)24)17-25(29)19-10-4-2-5-11-19/h2-15,20,24,26H,16-17H2,1H3. The molecule has 4 nitrogen and oxygen atoms in total. The van der Waals surface area contributed by atoms with Crippen LogP contribution in [0, 0.1) is 0 Å². The minimum Gasteiger partial charge on any atom is -0.381 e. The second kappa shape index (κ2) is 8.31. The van der Waals surface area contributed by atoms with Crippen LogP contribution in [-0.4, -0.2) is 17.7 Å². The third-order valence-electron chi connectivity index (χ3n) is 5.40. The summed E-state index contributed by atoms with van der Waals surface area (Å²) in [5.41, 5.74) is 3.65. The summed E-state index contributed by atoms with van der Waals surface area (Å²) in [6.45, 7) is 1.60. The van der Waals surface area contributed by atoms with Crippen LogP contribution in [0.5, 0.6) is 0 Å². The van der Waals surface area contributed by atoms with E-state index in [0.29, 0.717) is 12.8 Å². The van der Waals surface area contributed by atoms with Crippen LogP contribution in [0.2, 0.25) is 0 Å². The zero-order chi connectivity index (χ0) is 20.2. The van der Waals surface area contributed by atoms with Gasteiger partial charge >= 0.3 is 0 Å². The molecule has 0 aliphatic carbocycles. The van der Waals surface area contributed by atoms with E-state index in [1.54, 1.807) is 6.92 Å². The fourth-order valence-electron chi connectivity index (χ4n) is 4.11. The predicted octanol–water partition coefficient (Wildman–Crippen LogP) is 5.24. The molecule has 1 heterocycles. The molecule has 2 atom stereocenters. The third-order valence-corrected chi connectivity index (χ3v) is 5.40. The number of carbonyl (C=O) groups is 2. The number of nitrogens with zero attached hydrogens (tertiary/aromatic N) is 1.